The average Bonchev–Trinajstić information content (AvgIpc) is 2.56. The molecule has 1 fully saturated rings. The van der Waals surface area contributed by atoms with Crippen LogP contribution in [0.4, 0.5) is 0 Å². The number of nitrogens with zero attached hydrogens (tertiary/aromatic N) is 1. The van der Waals surface area contributed by atoms with Gasteiger partial charge in [-0.05, 0) is 44.6 Å². The number of nitrogens with one attached hydrogen (secondary N) is 1. The molecule has 1 unspecified atom stereocenters. The van der Waals surface area contributed by atoms with Crippen LogP contribution in [0.2, 0.25) is 0 Å². The molecule has 0 saturated carbocycles. The zero-order chi connectivity index (χ0) is 12.1. The highest BCUT2D eigenvalue weighted by molar-refractivity contribution is 5.29. The normalized spacial score (nSPS) is 22.1. The van der Waals surface area contributed by atoms with E-state index in [1.54, 1.807) is 0 Å². The average molecular weight is 234 g/mol. The van der Waals surface area contributed by atoms with E-state index in [1.807, 2.05) is 6.92 Å². The monoisotopic (exact) mass is 234 g/mol. The van der Waals surface area contributed by atoms with Crippen molar-refractivity contribution in [1.82, 2.24) is 10.2 Å². The van der Waals surface area contributed by atoms with E-state index in [4.69, 9.17) is 4.74 Å². The van der Waals surface area contributed by atoms with E-state index in [2.05, 4.69) is 41.5 Å². The molecule has 0 radical (unpaired) electrons. The summed E-state index contributed by atoms with van der Waals surface area (Å²) in [5.41, 5.74) is 1.36. The van der Waals surface area contributed by atoms with Crippen molar-refractivity contribution < 1.29 is 4.74 Å². The Kier molecular flexibility index (Phi) is 4.40. The van der Waals surface area contributed by atoms with Crippen molar-refractivity contribution in [3.63, 3.8) is 0 Å². The zero-order valence-electron chi connectivity index (χ0n) is 10.8. The second kappa shape index (κ2) is 6.03. The van der Waals surface area contributed by atoms with E-state index in [0.717, 1.165) is 32.0 Å². The molecule has 2 rings (SSSR count). The van der Waals surface area contributed by atoms with Gasteiger partial charge in [-0.1, -0.05) is 12.1 Å². The minimum absolute atomic E-state index is 0.482. The van der Waals surface area contributed by atoms with Gasteiger partial charge in [0.05, 0.1) is 6.61 Å². The van der Waals surface area contributed by atoms with Gasteiger partial charge in [0.1, 0.15) is 5.75 Å². The van der Waals surface area contributed by atoms with Gasteiger partial charge in [0.2, 0.25) is 0 Å². The summed E-state index contributed by atoms with van der Waals surface area (Å²) in [4.78, 5) is 2.38. The van der Waals surface area contributed by atoms with Gasteiger partial charge in [-0.2, -0.15) is 0 Å². The van der Waals surface area contributed by atoms with Crippen LogP contribution >= 0.6 is 0 Å². The van der Waals surface area contributed by atoms with Gasteiger partial charge in [0, 0.05) is 19.1 Å². The van der Waals surface area contributed by atoms with E-state index < -0.39 is 0 Å². The van der Waals surface area contributed by atoms with Crippen LogP contribution in [0.1, 0.15) is 24.9 Å². The standard InChI is InChI=1S/C14H22N2O/c1-3-17-13-6-4-12(5-7-13)14-8-10-16(2)11-9-15-14/h4-7,14-15H,3,8-11H2,1-2H3. The molecule has 0 bridgehead atoms. The van der Waals surface area contributed by atoms with Crippen molar-refractivity contribution in [2.45, 2.75) is 19.4 Å². The summed E-state index contributed by atoms with van der Waals surface area (Å²) < 4.78 is 5.46. The Balaban J connectivity index is 2.00. The van der Waals surface area contributed by atoms with Crippen LogP contribution in [0.5, 0.6) is 5.75 Å². The lowest BCUT2D eigenvalue weighted by molar-refractivity contribution is 0.340. The van der Waals surface area contributed by atoms with E-state index in [1.165, 1.54) is 12.0 Å². The van der Waals surface area contributed by atoms with Crippen LogP contribution in [-0.2, 0) is 0 Å². The minimum atomic E-state index is 0.482. The number of hydrogen-bond acceptors (Lipinski definition) is 3. The molecule has 1 aromatic carbocycles. The van der Waals surface area contributed by atoms with E-state index >= 15 is 0 Å². The first-order chi connectivity index (χ1) is 8.29. The second-order valence-electron chi connectivity index (χ2n) is 4.60. The number of benzene rings is 1. The van der Waals surface area contributed by atoms with Crippen molar-refractivity contribution in [3.05, 3.63) is 29.8 Å². The Morgan fingerprint density at radius 3 is 2.76 bits per heavy atom. The lowest BCUT2D eigenvalue weighted by Crippen LogP contribution is -2.24. The van der Waals surface area contributed by atoms with Crippen molar-refractivity contribution in [2.24, 2.45) is 0 Å². The van der Waals surface area contributed by atoms with Crippen molar-refractivity contribution in [3.8, 4) is 5.75 Å². The Morgan fingerprint density at radius 2 is 2.06 bits per heavy atom. The van der Waals surface area contributed by atoms with E-state index in [0.29, 0.717) is 6.04 Å². The molecule has 1 atom stereocenters. The fourth-order valence-electron chi connectivity index (χ4n) is 2.24. The smallest absolute Gasteiger partial charge is 0.119 e. The predicted octanol–water partition coefficient (Wildman–Crippen LogP) is 2.05. The van der Waals surface area contributed by atoms with Gasteiger partial charge in [-0.3, -0.25) is 0 Å². The van der Waals surface area contributed by atoms with Crippen LogP contribution in [0.3, 0.4) is 0 Å². The Bertz CT molecular complexity index is 337. The molecule has 94 valence electrons. The summed E-state index contributed by atoms with van der Waals surface area (Å²) >= 11 is 0. The maximum absolute atomic E-state index is 5.46. The molecule has 1 heterocycles. The maximum atomic E-state index is 5.46. The highest BCUT2D eigenvalue weighted by Crippen LogP contribution is 2.21. The molecule has 17 heavy (non-hydrogen) atoms. The molecule has 1 aliphatic rings. The highest BCUT2D eigenvalue weighted by atomic mass is 16.5. The first kappa shape index (κ1) is 12.4. The van der Waals surface area contributed by atoms with Gasteiger partial charge < -0.3 is 15.0 Å². The summed E-state index contributed by atoms with van der Waals surface area (Å²) in [5, 5.41) is 3.60. The highest BCUT2D eigenvalue weighted by Gasteiger charge is 2.15. The van der Waals surface area contributed by atoms with E-state index in [-0.39, 0.29) is 0 Å². The largest absolute Gasteiger partial charge is 0.494 e. The van der Waals surface area contributed by atoms with Crippen molar-refractivity contribution in [2.75, 3.05) is 33.3 Å². The molecular weight excluding hydrogens is 212 g/mol. The predicted molar refractivity (Wildman–Crippen MR) is 70.5 cm³/mol. The lowest BCUT2D eigenvalue weighted by atomic mass is 10.0. The third-order valence-electron chi connectivity index (χ3n) is 3.28. The topological polar surface area (TPSA) is 24.5 Å². The third-order valence-corrected chi connectivity index (χ3v) is 3.28. The minimum Gasteiger partial charge on any atom is -0.494 e. The van der Waals surface area contributed by atoms with Crippen molar-refractivity contribution in [1.29, 1.82) is 0 Å². The Hall–Kier alpha value is -1.06. The molecule has 1 N–H and O–H groups in total. The maximum Gasteiger partial charge on any atom is 0.119 e. The third kappa shape index (κ3) is 3.45. The fraction of sp³-hybridized carbons (Fsp3) is 0.571. The van der Waals surface area contributed by atoms with Crippen LogP contribution < -0.4 is 10.1 Å². The molecule has 0 aliphatic carbocycles. The van der Waals surface area contributed by atoms with Crippen LogP contribution in [0.25, 0.3) is 0 Å². The number of hydrogen-bond donors (Lipinski definition) is 1. The van der Waals surface area contributed by atoms with Crippen LogP contribution in [0, 0.1) is 0 Å². The number of ether oxygens (including phenoxy) is 1. The zero-order valence-corrected chi connectivity index (χ0v) is 10.8. The van der Waals surface area contributed by atoms with Gasteiger partial charge in [0.15, 0.2) is 0 Å². The van der Waals surface area contributed by atoms with Gasteiger partial charge >= 0.3 is 0 Å². The fourth-order valence-corrected chi connectivity index (χ4v) is 2.24. The molecule has 0 aromatic heterocycles. The molecule has 3 nitrogen and oxygen atoms in total. The van der Waals surface area contributed by atoms with E-state index in [9.17, 15) is 0 Å². The van der Waals surface area contributed by atoms with Gasteiger partial charge in [0.25, 0.3) is 0 Å². The summed E-state index contributed by atoms with van der Waals surface area (Å²) in [5.74, 6) is 0.960. The van der Waals surface area contributed by atoms with Crippen molar-refractivity contribution >= 4 is 0 Å². The van der Waals surface area contributed by atoms with Gasteiger partial charge in [-0.15, -0.1) is 0 Å². The first-order valence-electron chi connectivity index (χ1n) is 6.44. The molecule has 1 aliphatic heterocycles. The summed E-state index contributed by atoms with van der Waals surface area (Å²) in [6, 6.07) is 8.96. The molecule has 1 saturated heterocycles. The molecule has 1 aromatic rings. The Labute approximate surface area is 104 Å². The number of likely N-dealkylation sites (N-methyl/N-ethyl adjacent to an activating group) is 1. The first-order valence-corrected chi connectivity index (χ1v) is 6.44. The molecule has 3 heteroatoms. The lowest BCUT2D eigenvalue weighted by Gasteiger charge is -2.16. The van der Waals surface area contributed by atoms with Crippen LogP contribution in [-0.4, -0.2) is 38.2 Å². The second-order valence-corrected chi connectivity index (χ2v) is 4.60. The molecular formula is C14H22N2O. The molecule has 0 amide bonds. The van der Waals surface area contributed by atoms with Crippen LogP contribution in [0.15, 0.2) is 24.3 Å². The summed E-state index contributed by atoms with van der Waals surface area (Å²) in [7, 11) is 2.18. The Morgan fingerprint density at radius 1 is 1.29 bits per heavy atom. The summed E-state index contributed by atoms with van der Waals surface area (Å²) in [6.07, 6.45) is 1.17. The summed E-state index contributed by atoms with van der Waals surface area (Å²) in [6.45, 7) is 6.09. The number of rotatable bonds is 3. The quantitative estimate of drug-likeness (QED) is 0.866. The van der Waals surface area contributed by atoms with Gasteiger partial charge in [-0.25, -0.2) is 0 Å². The SMILES string of the molecule is CCOc1ccc(C2CCN(C)CCN2)cc1. The molecule has 0 spiro atoms.